The van der Waals surface area contributed by atoms with Crippen molar-refractivity contribution in [3.8, 4) is 6.07 Å². The van der Waals surface area contributed by atoms with Gasteiger partial charge in [0.05, 0.1) is 12.2 Å². The molecule has 9 heteroatoms. The second kappa shape index (κ2) is 11.2. The first-order valence-electron chi connectivity index (χ1n) is 12.4. The maximum Gasteiger partial charge on any atom is 0.326 e. The average Bonchev–Trinajstić information content (AvgIpc) is 2.84. The molecule has 3 N–H and O–H groups in total. The van der Waals surface area contributed by atoms with Gasteiger partial charge >= 0.3 is 5.97 Å². The number of carbonyl (C=O) groups excluding carboxylic acids is 1. The summed E-state index contributed by atoms with van der Waals surface area (Å²) in [7, 11) is 0. The van der Waals surface area contributed by atoms with E-state index in [1.54, 1.807) is 0 Å². The lowest BCUT2D eigenvalue weighted by molar-refractivity contribution is -0.145. The Morgan fingerprint density at radius 2 is 2.15 bits per heavy atom. The van der Waals surface area contributed by atoms with Crippen LogP contribution in [0.5, 0.6) is 0 Å². The van der Waals surface area contributed by atoms with Gasteiger partial charge in [-0.2, -0.15) is 5.26 Å². The van der Waals surface area contributed by atoms with E-state index in [-0.39, 0.29) is 32.0 Å². The van der Waals surface area contributed by atoms with Crippen LogP contribution in [0.1, 0.15) is 56.2 Å². The van der Waals surface area contributed by atoms with E-state index < -0.39 is 23.3 Å². The number of hydrogen-bond acceptors (Lipinski definition) is 7. The van der Waals surface area contributed by atoms with Crippen LogP contribution < -0.4 is 10.6 Å². The van der Waals surface area contributed by atoms with Gasteiger partial charge in [-0.15, -0.1) is 0 Å². The van der Waals surface area contributed by atoms with Gasteiger partial charge in [-0.1, -0.05) is 6.07 Å². The Kier molecular flexibility index (Phi) is 8.01. The zero-order valence-electron chi connectivity index (χ0n) is 19.6. The van der Waals surface area contributed by atoms with Crippen molar-refractivity contribution in [1.29, 1.82) is 5.26 Å². The van der Waals surface area contributed by atoms with E-state index in [1.165, 1.54) is 5.56 Å². The number of ether oxygens (including phenoxy) is 2. The minimum absolute atomic E-state index is 0.134. The molecule has 2 aliphatic heterocycles. The fourth-order valence-electron chi connectivity index (χ4n) is 4.92. The highest BCUT2D eigenvalue weighted by molar-refractivity contribution is 5.89. The summed E-state index contributed by atoms with van der Waals surface area (Å²) in [6.45, 7) is 1.90. The van der Waals surface area contributed by atoms with Crippen LogP contribution in [-0.2, 0) is 31.9 Å². The van der Waals surface area contributed by atoms with Crippen molar-refractivity contribution in [2.24, 2.45) is 11.3 Å². The maximum atomic E-state index is 12.6. The number of carboxylic acid groups (broad SMARTS) is 1. The van der Waals surface area contributed by atoms with Gasteiger partial charge in [0.2, 0.25) is 5.91 Å². The Hall–Kier alpha value is -2.70. The number of hydrogen-bond donors (Lipinski definition) is 3. The van der Waals surface area contributed by atoms with Gasteiger partial charge in [0.1, 0.15) is 17.3 Å². The lowest BCUT2D eigenvalue weighted by Crippen LogP contribution is -2.50. The average molecular weight is 471 g/mol. The second-order valence-electron chi connectivity index (χ2n) is 9.67. The molecule has 0 spiro atoms. The van der Waals surface area contributed by atoms with E-state index >= 15 is 0 Å². The molecule has 1 aromatic heterocycles. The Morgan fingerprint density at radius 1 is 1.35 bits per heavy atom. The van der Waals surface area contributed by atoms with Gasteiger partial charge in [-0.25, -0.2) is 9.78 Å². The Bertz CT molecular complexity index is 918. The molecule has 1 aliphatic carbocycles. The van der Waals surface area contributed by atoms with Crippen LogP contribution in [0.2, 0.25) is 0 Å². The van der Waals surface area contributed by atoms with Crippen LogP contribution in [0.3, 0.4) is 0 Å². The van der Waals surface area contributed by atoms with Crippen molar-refractivity contribution in [2.75, 3.05) is 31.7 Å². The second-order valence-corrected chi connectivity index (χ2v) is 9.67. The van der Waals surface area contributed by atoms with Crippen LogP contribution in [0.25, 0.3) is 0 Å². The molecule has 1 saturated carbocycles. The molecule has 9 nitrogen and oxygen atoms in total. The quantitative estimate of drug-likeness (QED) is 0.475. The summed E-state index contributed by atoms with van der Waals surface area (Å²) >= 11 is 0. The highest BCUT2D eigenvalue weighted by atomic mass is 16.5. The van der Waals surface area contributed by atoms with Gasteiger partial charge in [-0.05, 0) is 68.9 Å². The predicted molar refractivity (Wildman–Crippen MR) is 124 cm³/mol. The predicted octanol–water partition coefficient (Wildman–Crippen LogP) is 2.45. The van der Waals surface area contributed by atoms with E-state index in [4.69, 9.17) is 14.5 Å². The highest BCUT2D eigenvalue weighted by Gasteiger charge is 2.42. The third-order valence-corrected chi connectivity index (χ3v) is 7.31. The number of nitrogens with one attached hydrogen (secondary N) is 2. The number of nitriles is 1. The first-order chi connectivity index (χ1) is 16.5. The maximum absolute atomic E-state index is 12.6. The first-order valence-corrected chi connectivity index (χ1v) is 12.4. The van der Waals surface area contributed by atoms with Crippen LogP contribution >= 0.6 is 0 Å². The Balaban J connectivity index is 1.15. The third kappa shape index (κ3) is 5.86. The van der Waals surface area contributed by atoms with Crippen molar-refractivity contribution in [3.05, 3.63) is 23.4 Å². The van der Waals surface area contributed by atoms with Crippen molar-refractivity contribution in [3.63, 3.8) is 0 Å². The molecule has 3 heterocycles. The summed E-state index contributed by atoms with van der Waals surface area (Å²) in [5, 5.41) is 24.9. The number of aryl methyl sites for hydroxylation is 2. The largest absolute Gasteiger partial charge is 0.480 e. The number of amides is 1. The summed E-state index contributed by atoms with van der Waals surface area (Å²) in [6, 6.07) is 5.33. The first kappa shape index (κ1) is 24.4. The molecular weight excluding hydrogens is 436 g/mol. The lowest BCUT2D eigenvalue weighted by atomic mass is 9.79. The number of pyridine rings is 1. The van der Waals surface area contributed by atoms with Crippen LogP contribution in [0, 0.1) is 22.7 Å². The molecule has 0 aromatic carbocycles. The molecule has 1 amide bonds. The van der Waals surface area contributed by atoms with Crippen molar-refractivity contribution in [1.82, 2.24) is 10.3 Å². The monoisotopic (exact) mass is 470 g/mol. The van der Waals surface area contributed by atoms with E-state index in [0.29, 0.717) is 19.1 Å². The van der Waals surface area contributed by atoms with E-state index in [1.807, 2.05) is 0 Å². The molecule has 0 bridgehead atoms. The summed E-state index contributed by atoms with van der Waals surface area (Å²) in [5.74, 6) is -0.0121. The van der Waals surface area contributed by atoms with Crippen molar-refractivity contribution < 1.29 is 24.2 Å². The highest BCUT2D eigenvalue weighted by Crippen LogP contribution is 2.34. The zero-order chi connectivity index (χ0) is 24.0. The normalized spacial score (nSPS) is 24.0. The number of anilines is 1. The SMILES string of the molecule is N#CC1(C(=O)N[C@H](CCOC2CC(CCc3ccc4c(n3)NCCC4)C2)C(=O)O)CCOCC1. The smallest absolute Gasteiger partial charge is 0.326 e. The number of aromatic nitrogens is 1. The summed E-state index contributed by atoms with van der Waals surface area (Å²) in [5.41, 5.74) is 1.22. The van der Waals surface area contributed by atoms with Crippen LogP contribution in [0.15, 0.2) is 12.1 Å². The molecule has 2 fully saturated rings. The van der Waals surface area contributed by atoms with Gasteiger partial charge in [0, 0.05) is 38.5 Å². The zero-order valence-corrected chi connectivity index (χ0v) is 19.6. The number of rotatable bonds is 10. The van der Waals surface area contributed by atoms with Gasteiger partial charge in [-0.3, -0.25) is 4.79 Å². The number of aliphatic carboxylic acids is 1. The van der Waals surface area contributed by atoms with E-state index in [9.17, 15) is 20.0 Å². The van der Waals surface area contributed by atoms with Crippen LogP contribution in [0.4, 0.5) is 5.82 Å². The van der Waals surface area contributed by atoms with Crippen molar-refractivity contribution in [2.45, 2.75) is 69.9 Å². The number of nitrogens with zero attached hydrogens (tertiary/aromatic N) is 2. The fourth-order valence-corrected chi connectivity index (χ4v) is 4.92. The molecule has 1 aromatic rings. The third-order valence-electron chi connectivity index (χ3n) is 7.31. The van der Waals surface area contributed by atoms with E-state index in [2.05, 4.69) is 28.8 Å². The number of carboxylic acids is 1. The van der Waals surface area contributed by atoms with Gasteiger partial charge in [0.15, 0.2) is 0 Å². The summed E-state index contributed by atoms with van der Waals surface area (Å²) in [6.07, 6.45) is 7.06. The molecule has 0 unspecified atom stereocenters. The van der Waals surface area contributed by atoms with Crippen molar-refractivity contribution >= 4 is 17.7 Å². The molecule has 184 valence electrons. The minimum atomic E-state index is -1.21. The fraction of sp³-hybridized carbons (Fsp3) is 0.680. The van der Waals surface area contributed by atoms with Gasteiger partial charge < -0.3 is 25.2 Å². The molecule has 1 atom stereocenters. The topological polar surface area (TPSA) is 134 Å². The Morgan fingerprint density at radius 3 is 2.88 bits per heavy atom. The summed E-state index contributed by atoms with van der Waals surface area (Å²) in [4.78, 5) is 29.0. The van der Waals surface area contributed by atoms with Crippen LogP contribution in [-0.4, -0.2) is 60.5 Å². The summed E-state index contributed by atoms with van der Waals surface area (Å²) < 4.78 is 11.1. The molecule has 3 aliphatic rings. The minimum Gasteiger partial charge on any atom is -0.480 e. The molecule has 0 radical (unpaired) electrons. The van der Waals surface area contributed by atoms with E-state index in [0.717, 1.165) is 56.6 Å². The molecular formula is C25H34N4O5. The standard InChI is InChI=1S/C25H34N4O5/c26-16-25(8-12-33-13-9-25)24(32)29-21(23(30)31)7-11-34-20-14-17(15-20)3-5-19-6-4-18-2-1-10-27-22(18)28-19/h4,6,17,20-21H,1-3,5,7-15H2,(H,27,28)(H,29,32)(H,30,31)/t17?,20?,21-/m1/s1. The van der Waals surface area contributed by atoms with Gasteiger partial charge in [0.25, 0.3) is 0 Å². The lowest BCUT2D eigenvalue weighted by Gasteiger charge is -2.35. The molecule has 34 heavy (non-hydrogen) atoms. The Labute approximate surface area is 200 Å². The number of fused-ring (bicyclic) bond motifs is 1. The molecule has 4 rings (SSSR count). The number of carbonyl (C=O) groups is 2. The molecule has 1 saturated heterocycles.